The number of nitrogens with zero attached hydrogens (tertiary/aromatic N) is 2. The van der Waals surface area contributed by atoms with Gasteiger partial charge >= 0.3 is 0 Å². The third kappa shape index (κ3) is 6.32. The quantitative estimate of drug-likeness (QED) is 0.397. The minimum atomic E-state index is -0.0150. The fourth-order valence-electron chi connectivity index (χ4n) is 4.33. The maximum atomic E-state index is 13.5. The van der Waals surface area contributed by atoms with Gasteiger partial charge in [-0.3, -0.25) is 9.59 Å². The number of carbonyl (C=O) groups is 2. The van der Waals surface area contributed by atoms with Crippen LogP contribution in [0.5, 0.6) is 0 Å². The van der Waals surface area contributed by atoms with Crippen molar-refractivity contribution in [3.63, 3.8) is 0 Å². The van der Waals surface area contributed by atoms with Crippen molar-refractivity contribution in [1.82, 2.24) is 9.80 Å². The van der Waals surface area contributed by atoms with Gasteiger partial charge in [-0.25, -0.2) is 0 Å². The number of thiophene rings is 1. The highest BCUT2D eigenvalue weighted by atomic mass is 32.1. The van der Waals surface area contributed by atoms with Crippen molar-refractivity contribution in [1.29, 1.82) is 0 Å². The van der Waals surface area contributed by atoms with E-state index in [1.807, 2.05) is 64.9 Å². The molecule has 1 saturated carbocycles. The molecule has 3 aromatic rings. The van der Waals surface area contributed by atoms with Crippen LogP contribution < -0.4 is 0 Å². The summed E-state index contributed by atoms with van der Waals surface area (Å²) in [5.41, 5.74) is 2.31. The van der Waals surface area contributed by atoms with Crippen molar-refractivity contribution in [3.05, 3.63) is 94.2 Å². The molecule has 1 heterocycles. The molecule has 2 aromatic carbocycles. The molecule has 0 bridgehead atoms. The van der Waals surface area contributed by atoms with E-state index in [0.29, 0.717) is 25.6 Å². The smallest absolute Gasteiger partial charge is 0.242 e. The summed E-state index contributed by atoms with van der Waals surface area (Å²) in [6, 6.07) is 24.4. The molecule has 1 aromatic heterocycles. The summed E-state index contributed by atoms with van der Waals surface area (Å²) in [5.74, 6) is 0.671. The molecule has 5 heteroatoms. The van der Waals surface area contributed by atoms with Gasteiger partial charge in [-0.05, 0) is 40.8 Å². The zero-order valence-electron chi connectivity index (χ0n) is 19.4. The molecule has 0 N–H and O–H groups in total. The number of rotatable bonds is 10. The minimum Gasteiger partial charge on any atom is -0.333 e. The Hall–Kier alpha value is -2.92. The summed E-state index contributed by atoms with van der Waals surface area (Å²) in [5, 5.41) is 2.03. The Labute approximate surface area is 200 Å². The topological polar surface area (TPSA) is 40.6 Å². The monoisotopic (exact) mass is 460 g/mol. The Morgan fingerprint density at radius 2 is 1.61 bits per heavy atom. The van der Waals surface area contributed by atoms with Gasteiger partial charge in [0.1, 0.15) is 0 Å². The number of hydrogen-bond donors (Lipinski definition) is 0. The lowest BCUT2D eigenvalue weighted by Gasteiger charge is -2.29. The van der Waals surface area contributed by atoms with Gasteiger partial charge in [0.2, 0.25) is 11.8 Å². The number of benzene rings is 2. The van der Waals surface area contributed by atoms with Gasteiger partial charge in [0.25, 0.3) is 0 Å². The van der Waals surface area contributed by atoms with E-state index in [9.17, 15) is 9.59 Å². The first-order valence-electron chi connectivity index (χ1n) is 11.7. The first-order chi connectivity index (χ1) is 16.0. The zero-order valence-corrected chi connectivity index (χ0v) is 20.2. The van der Waals surface area contributed by atoms with Crippen molar-refractivity contribution in [2.45, 2.75) is 39.3 Å². The van der Waals surface area contributed by atoms with Crippen LogP contribution in [0.15, 0.2) is 78.2 Å². The highest BCUT2D eigenvalue weighted by molar-refractivity contribution is 7.09. The molecule has 0 saturated heterocycles. The predicted molar refractivity (Wildman–Crippen MR) is 134 cm³/mol. The molecule has 0 radical (unpaired) electrons. The van der Waals surface area contributed by atoms with Crippen molar-refractivity contribution >= 4 is 23.2 Å². The van der Waals surface area contributed by atoms with Crippen molar-refractivity contribution in [2.24, 2.45) is 11.8 Å². The van der Waals surface area contributed by atoms with Gasteiger partial charge in [-0.15, -0.1) is 11.3 Å². The predicted octanol–water partition coefficient (Wildman–Crippen LogP) is 5.57. The number of carbonyl (C=O) groups excluding carboxylic acids is 2. The Kier molecular flexibility index (Phi) is 7.61. The van der Waals surface area contributed by atoms with Gasteiger partial charge in [0.05, 0.1) is 13.1 Å². The van der Waals surface area contributed by atoms with Gasteiger partial charge in [0.15, 0.2) is 0 Å². The Morgan fingerprint density at radius 3 is 2.24 bits per heavy atom. The first kappa shape index (κ1) is 23.2. The molecule has 0 unspecified atom stereocenters. The summed E-state index contributed by atoms with van der Waals surface area (Å²) in [7, 11) is 0. The third-order valence-electron chi connectivity index (χ3n) is 6.05. The SMILES string of the molecule is CC(C)CN(CC(=O)N(Cc1ccccc1)Cc1cccs1)C(=O)[C@@H]1C[C@H]1c1ccccc1. The van der Waals surface area contributed by atoms with Gasteiger partial charge in [-0.1, -0.05) is 80.6 Å². The summed E-state index contributed by atoms with van der Waals surface area (Å²) in [4.78, 5) is 31.7. The van der Waals surface area contributed by atoms with Crippen LogP contribution in [-0.2, 0) is 22.7 Å². The second-order valence-electron chi connectivity index (χ2n) is 9.29. The molecule has 1 aliphatic carbocycles. The summed E-state index contributed by atoms with van der Waals surface area (Å²) >= 11 is 1.65. The maximum absolute atomic E-state index is 13.5. The van der Waals surface area contributed by atoms with Crippen LogP contribution >= 0.6 is 11.3 Å². The second-order valence-corrected chi connectivity index (χ2v) is 10.3. The van der Waals surface area contributed by atoms with Crippen molar-refractivity contribution < 1.29 is 9.59 Å². The van der Waals surface area contributed by atoms with Gasteiger partial charge in [-0.2, -0.15) is 0 Å². The number of amides is 2. The van der Waals surface area contributed by atoms with Gasteiger partial charge < -0.3 is 9.80 Å². The minimum absolute atomic E-state index is 0.00170. The molecule has 33 heavy (non-hydrogen) atoms. The van der Waals surface area contributed by atoms with Crippen LogP contribution in [0.2, 0.25) is 0 Å². The van der Waals surface area contributed by atoms with E-state index >= 15 is 0 Å². The van der Waals surface area contributed by atoms with Gasteiger partial charge in [0, 0.05) is 23.9 Å². The van der Waals surface area contributed by atoms with E-state index in [-0.39, 0.29) is 30.2 Å². The lowest BCUT2D eigenvalue weighted by molar-refractivity contribution is -0.142. The normalized spacial score (nSPS) is 17.1. The molecule has 4 nitrogen and oxygen atoms in total. The van der Waals surface area contributed by atoms with Crippen LogP contribution in [-0.4, -0.2) is 34.7 Å². The summed E-state index contributed by atoms with van der Waals surface area (Å²) < 4.78 is 0. The van der Waals surface area contributed by atoms with E-state index in [1.54, 1.807) is 16.2 Å². The molecule has 2 amide bonds. The van der Waals surface area contributed by atoms with Crippen LogP contribution in [0.25, 0.3) is 0 Å². The Bertz CT molecular complexity index is 1030. The van der Waals surface area contributed by atoms with E-state index in [2.05, 4.69) is 32.0 Å². The molecular formula is C28H32N2O2S. The van der Waals surface area contributed by atoms with E-state index < -0.39 is 0 Å². The fourth-order valence-corrected chi connectivity index (χ4v) is 5.05. The highest BCUT2D eigenvalue weighted by Crippen LogP contribution is 2.48. The standard InChI is InChI=1S/C28H32N2O2S/c1-21(2)17-30(28(32)26-16-25(26)23-12-7-4-8-13-23)20-27(31)29(19-24-14-9-15-33-24)18-22-10-5-3-6-11-22/h3-15,21,25-26H,16-20H2,1-2H3/t25-,26+/m0/s1. The maximum Gasteiger partial charge on any atom is 0.242 e. The van der Waals surface area contributed by atoms with Crippen molar-refractivity contribution in [2.75, 3.05) is 13.1 Å². The molecule has 0 spiro atoms. The summed E-state index contributed by atoms with van der Waals surface area (Å²) in [6.45, 7) is 6.02. The van der Waals surface area contributed by atoms with E-state index in [4.69, 9.17) is 0 Å². The second kappa shape index (κ2) is 10.8. The molecular weight excluding hydrogens is 428 g/mol. The highest BCUT2D eigenvalue weighted by Gasteiger charge is 2.46. The lowest BCUT2D eigenvalue weighted by atomic mass is 10.1. The molecule has 172 valence electrons. The average molecular weight is 461 g/mol. The fraction of sp³-hybridized carbons (Fsp3) is 0.357. The van der Waals surface area contributed by atoms with Crippen LogP contribution in [0.1, 0.15) is 42.2 Å². The van der Waals surface area contributed by atoms with Crippen LogP contribution in [0.3, 0.4) is 0 Å². The summed E-state index contributed by atoms with van der Waals surface area (Å²) in [6.07, 6.45) is 0.870. The number of hydrogen-bond acceptors (Lipinski definition) is 3. The van der Waals surface area contributed by atoms with E-state index in [0.717, 1.165) is 16.9 Å². The van der Waals surface area contributed by atoms with Crippen molar-refractivity contribution in [3.8, 4) is 0 Å². The largest absolute Gasteiger partial charge is 0.333 e. The molecule has 1 fully saturated rings. The molecule has 0 aliphatic heterocycles. The molecule has 4 rings (SSSR count). The lowest BCUT2D eigenvalue weighted by Crippen LogP contribution is -2.44. The molecule has 2 atom stereocenters. The third-order valence-corrected chi connectivity index (χ3v) is 6.92. The first-order valence-corrected chi connectivity index (χ1v) is 12.6. The Morgan fingerprint density at radius 1 is 0.909 bits per heavy atom. The van der Waals surface area contributed by atoms with Crippen LogP contribution in [0, 0.1) is 11.8 Å². The molecule has 1 aliphatic rings. The van der Waals surface area contributed by atoms with Crippen LogP contribution in [0.4, 0.5) is 0 Å². The Balaban J connectivity index is 1.47. The average Bonchev–Trinajstić information content (AvgIpc) is 3.46. The zero-order chi connectivity index (χ0) is 23.2. The van der Waals surface area contributed by atoms with E-state index in [1.165, 1.54) is 5.56 Å².